The van der Waals surface area contributed by atoms with Gasteiger partial charge >= 0.3 is 0 Å². The molecule has 1 saturated heterocycles. The number of amidine groups is 1. The summed E-state index contributed by atoms with van der Waals surface area (Å²) < 4.78 is 0. The van der Waals surface area contributed by atoms with E-state index in [4.69, 9.17) is 4.99 Å². The van der Waals surface area contributed by atoms with Crippen molar-refractivity contribution in [2.45, 2.75) is 84.3 Å². The van der Waals surface area contributed by atoms with E-state index >= 15 is 0 Å². The van der Waals surface area contributed by atoms with E-state index in [1.807, 2.05) is 0 Å². The van der Waals surface area contributed by atoms with Crippen molar-refractivity contribution in [3.63, 3.8) is 0 Å². The lowest BCUT2D eigenvalue weighted by molar-refractivity contribution is 0.303. The molecule has 0 bridgehead atoms. The molecule has 0 atom stereocenters. The van der Waals surface area contributed by atoms with E-state index in [0.29, 0.717) is 0 Å². The number of nitrogens with zero attached hydrogens (tertiary/aromatic N) is 2. The van der Waals surface area contributed by atoms with E-state index in [9.17, 15) is 0 Å². The lowest BCUT2D eigenvalue weighted by Crippen LogP contribution is -2.43. The van der Waals surface area contributed by atoms with E-state index in [-0.39, 0.29) is 0 Å². The summed E-state index contributed by atoms with van der Waals surface area (Å²) in [5.41, 5.74) is 6.58. The quantitative estimate of drug-likeness (QED) is 0.364. The van der Waals surface area contributed by atoms with Crippen molar-refractivity contribution < 1.29 is 0 Å². The molecule has 6 heteroatoms. The zero-order valence-electron chi connectivity index (χ0n) is 22.7. The van der Waals surface area contributed by atoms with Gasteiger partial charge in [0, 0.05) is 63.1 Å². The van der Waals surface area contributed by atoms with Crippen LogP contribution in [0.4, 0.5) is 0 Å². The van der Waals surface area contributed by atoms with Gasteiger partial charge in [-0.2, -0.15) is 0 Å². The average Bonchev–Trinajstić information content (AvgIpc) is 2.91. The van der Waals surface area contributed by atoms with Gasteiger partial charge in [-0.05, 0) is 75.4 Å². The van der Waals surface area contributed by atoms with E-state index in [0.717, 1.165) is 82.8 Å². The highest BCUT2D eigenvalue weighted by molar-refractivity contribution is 5.83. The lowest BCUT2D eigenvalue weighted by atomic mass is 9.95. The highest BCUT2D eigenvalue weighted by Gasteiger charge is 2.16. The molecule has 0 amide bonds. The molecule has 36 heavy (non-hydrogen) atoms. The SMILES string of the molecule is CC1=C/C(N2CCNCC2)=C(/C)CC/C(NCc2ccc(CNCCCNC3CCCCC3)cc2)=N\1. The molecule has 4 N–H and O–H groups in total. The van der Waals surface area contributed by atoms with Gasteiger partial charge in [0.2, 0.25) is 0 Å². The minimum Gasteiger partial charge on any atom is -0.369 e. The summed E-state index contributed by atoms with van der Waals surface area (Å²) in [7, 11) is 0. The number of hydrogen-bond acceptors (Lipinski definition) is 6. The maximum Gasteiger partial charge on any atom is 0.102 e. The summed E-state index contributed by atoms with van der Waals surface area (Å²) in [5.74, 6) is 1.09. The number of nitrogens with one attached hydrogen (secondary N) is 4. The van der Waals surface area contributed by atoms with Gasteiger partial charge in [-0.1, -0.05) is 43.5 Å². The summed E-state index contributed by atoms with van der Waals surface area (Å²) in [5, 5.41) is 14.4. The number of benzene rings is 1. The highest BCUT2D eigenvalue weighted by Crippen LogP contribution is 2.22. The molecule has 2 heterocycles. The Labute approximate surface area is 219 Å². The van der Waals surface area contributed by atoms with Crippen molar-refractivity contribution in [2.24, 2.45) is 4.99 Å². The van der Waals surface area contributed by atoms with Gasteiger partial charge in [0.25, 0.3) is 0 Å². The van der Waals surface area contributed by atoms with Crippen LogP contribution in [0.25, 0.3) is 0 Å². The average molecular weight is 493 g/mol. The maximum atomic E-state index is 4.92. The molecule has 4 rings (SSSR count). The Balaban J connectivity index is 1.17. The second-order valence-electron chi connectivity index (χ2n) is 10.7. The van der Waals surface area contributed by atoms with Gasteiger partial charge in [-0.3, -0.25) is 0 Å². The molecule has 2 aliphatic heterocycles. The molecule has 2 fully saturated rings. The third kappa shape index (κ3) is 8.75. The van der Waals surface area contributed by atoms with Crippen molar-refractivity contribution in [3.05, 3.63) is 58.4 Å². The van der Waals surface area contributed by atoms with Crippen molar-refractivity contribution >= 4 is 5.84 Å². The predicted octanol–water partition coefficient (Wildman–Crippen LogP) is 4.45. The monoisotopic (exact) mass is 492 g/mol. The third-order valence-electron chi connectivity index (χ3n) is 7.71. The molecule has 1 aromatic rings. The normalized spacial score (nSPS) is 24.9. The second-order valence-corrected chi connectivity index (χ2v) is 10.7. The van der Waals surface area contributed by atoms with Crippen LogP contribution in [0.2, 0.25) is 0 Å². The zero-order valence-corrected chi connectivity index (χ0v) is 22.7. The molecule has 1 saturated carbocycles. The Morgan fingerprint density at radius 3 is 2.39 bits per heavy atom. The van der Waals surface area contributed by atoms with Gasteiger partial charge in [-0.25, -0.2) is 4.99 Å². The Kier molecular flexibility index (Phi) is 10.9. The molecule has 0 spiro atoms. The minimum absolute atomic E-state index is 0.767. The number of rotatable bonds is 10. The van der Waals surface area contributed by atoms with Gasteiger partial charge in [0.1, 0.15) is 5.84 Å². The minimum atomic E-state index is 0.767. The van der Waals surface area contributed by atoms with Gasteiger partial charge in [0.05, 0.1) is 0 Å². The highest BCUT2D eigenvalue weighted by atomic mass is 15.2. The summed E-state index contributed by atoms with van der Waals surface area (Å²) in [6.45, 7) is 12.6. The predicted molar refractivity (Wildman–Crippen MR) is 152 cm³/mol. The molecule has 0 aromatic heterocycles. The summed E-state index contributed by atoms with van der Waals surface area (Å²) in [6.07, 6.45) is 12.5. The van der Waals surface area contributed by atoms with Crippen molar-refractivity contribution in [1.82, 2.24) is 26.2 Å². The Hall–Kier alpha value is -2.15. The first-order valence-electron chi connectivity index (χ1n) is 14.3. The molecule has 6 nitrogen and oxygen atoms in total. The molecule has 3 aliphatic rings. The number of allylic oxidation sites excluding steroid dienone is 3. The zero-order chi connectivity index (χ0) is 25.0. The lowest BCUT2D eigenvalue weighted by Gasteiger charge is -2.32. The molecular formula is C30H48N6. The first-order valence-corrected chi connectivity index (χ1v) is 14.3. The van der Waals surface area contributed by atoms with Crippen LogP contribution < -0.4 is 21.3 Å². The van der Waals surface area contributed by atoms with E-state index in [1.54, 1.807) is 0 Å². The smallest absolute Gasteiger partial charge is 0.102 e. The molecule has 1 aliphatic carbocycles. The fourth-order valence-electron chi connectivity index (χ4n) is 5.49. The molecule has 1 aromatic carbocycles. The fourth-order valence-corrected chi connectivity index (χ4v) is 5.49. The molecular weight excluding hydrogens is 444 g/mol. The largest absolute Gasteiger partial charge is 0.369 e. The summed E-state index contributed by atoms with van der Waals surface area (Å²) in [4.78, 5) is 7.43. The Bertz CT molecular complexity index is 889. The van der Waals surface area contributed by atoms with Crippen molar-refractivity contribution in [1.29, 1.82) is 0 Å². The first kappa shape index (κ1) is 26.9. The molecule has 0 unspecified atom stereocenters. The van der Waals surface area contributed by atoms with Crippen LogP contribution in [-0.2, 0) is 13.1 Å². The Morgan fingerprint density at radius 2 is 1.64 bits per heavy atom. The van der Waals surface area contributed by atoms with Gasteiger partial charge < -0.3 is 26.2 Å². The number of piperazine rings is 1. The van der Waals surface area contributed by atoms with Crippen molar-refractivity contribution in [3.8, 4) is 0 Å². The van der Waals surface area contributed by atoms with Crippen LogP contribution in [0.15, 0.2) is 52.3 Å². The van der Waals surface area contributed by atoms with Crippen LogP contribution in [0.3, 0.4) is 0 Å². The van der Waals surface area contributed by atoms with Crippen LogP contribution in [0.5, 0.6) is 0 Å². The van der Waals surface area contributed by atoms with Crippen LogP contribution in [0, 0.1) is 0 Å². The second kappa shape index (κ2) is 14.6. The first-order chi connectivity index (χ1) is 17.7. The fraction of sp³-hybridized carbons (Fsp3) is 0.633. The standard InChI is InChI=1S/C30H48N6/c1-24-9-14-30(35-25(2)21-29(24)36-19-17-31-18-20-36)34-23-27-12-10-26(11-13-27)22-32-15-6-16-33-28-7-4-3-5-8-28/h10-13,21,28,31-33H,3-9,14-20,22-23H2,1-2H3,(H,34,35)/b25-21-,29-24+. The molecule has 0 radical (unpaired) electrons. The third-order valence-corrected chi connectivity index (χ3v) is 7.71. The van der Waals surface area contributed by atoms with E-state index < -0.39 is 0 Å². The summed E-state index contributed by atoms with van der Waals surface area (Å²) >= 11 is 0. The van der Waals surface area contributed by atoms with Gasteiger partial charge in [-0.15, -0.1) is 0 Å². The Morgan fingerprint density at radius 1 is 0.917 bits per heavy atom. The van der Waals surface area contributed by atoms with Gasteiger partial charge in [0.15, 0.2) is 0 Å². The topological polar surface area (TPSA) is 63.7 Å². The van der Waals surface area contributed by atoms with Crippen LogP contribution >= 0.6 is 0 Å². The van der Waals surface area contributed by atoms with E-state index in [2.05, 4.69) is 70.4 Å². The molecule has 198 valence electrons. The summed E-state index contributed by atoms with van der Waals surface area (Å²) in [6, 6.07) is 9.76. The maximum absolute atomic E-state index is 4.92. The van der Waals surface area contributed by atoms with Crippen LogP contribution in [-0.4, -0.2) is 56.0 Å². The van der Waals surface area contributed by atoms with Crippen molar-refractivity contribution in [2.75, 3.05) is 39.3 Å². The van der Waals surface area contributed by atoms with E-state index in [1.165, 1.54) is 60.9 Å². The number of aliphatic imine (C=N–C) groups is 1. The van der Waals surface area contributed by atoms with Crippen LogP contribution in [0.1, 0.15) is 76.3 Å². The number of hydrogen-bond donors (Lipinski definition) is 4.